The summed E-state index contributed by atoms with van der Waals surface area (Å²) in [7, 11) is 0. The van der Waals surface area contributed by atoms with Crippen molar-refractivity contribution in [1.29, 1.82) is 0 Å². The highest BCUT2D eigenvalue weighted by molar-refractivity contribution is 6.30. The largest absolute Gasteiger partial charge is 0.494 e. The van der Waals surface area contributed by atoms with Gasteiger partial charge in [0.1, 0.15) is 11.6 Å². The van der Waals surface area contributed by atoms with E-state index in [9.17, 15) is 4.39 Å². The first-order chi connectivity index (χ1) is 10.2. The molecule has 2 nitrogen and oxygen atoms in total. The zero-order valence-electron chi connectivity index (χ0n) is 11.8. The highest BCUT2D eigenvalue weighted by Gasteiger charge is 2.13. The van der Waals surface area contributed by atoms with Gasteiger partial charge in [-0.05, 0) is 55.1 Å². The van der Waals surface area contributed by atoms with E-state index in [4.69, 9.17) is 22.1 Å². The SMILES string of the molecule is NCC(CCCOc1cccc(Cl)c1)c1ccccc1F. The summed E-state index contributed by atoms with van der Waals surface area (Å²) in [5.41, 5.74) is 6.45. The molecule has 2 aromatic carbocycles. The molecule has 4 heteroatoms. The first-order valence-electron chi connectivity index (χ1n) is 7.03. The Balaban J connectivity index is 1.83. The summed E-state index contributed by atoms with van der Waals surface area (Å²) in [5.74, 6) is 0.579. The maximum Gasteiger partial charge on any atom is 0.126 e. The molecule has 0 amide bonds. The van der Waals surface area contributed by atoms with Crippen molar-refractivity contribution in [3.05, 3.63) is 64.9 Å². The van der Waals surface area contributed by atoms with Gasteiger partial charge in [-0.3, -0.25) is 0 Å². The Morgan fingerprint density at radius 3 is 2.67 bits per heavy atom. The van der Waals surface area contributed by atoms with Gasteiger partial charge in [0.25, 0.3) is 0 Å². The molecule has 0 aliphatic heterocycles. The van der Waals surface area contributed by atoms with Crippen molar-refractivity contribution in [3.63, 3.8) is 0 Å². The van der Waals surface area contributed by atoms with Crippen LogP contribution in [0, 0.1) is 5.82 Å². The van der Waals surface area contributed by atoms with Gasteiger partial charge in [-0.25, -0.2) is 4.39 Å². The van der Waals surface area contributed by atoms with E-state index < -0.39 is 0 Å². The van der Waals surface area contributed by atoms with Crippen LogP contribution in [-0.4, -0.2) is 13.2 Å². The normalized spacial score (nSPS) is 12.1. The number of nitrogens with two attached hydrogens (primary N) is 1. The van der Waals surface area contributed by atoms with Gasteiger partial charge in [0.2, 0.25) is 0 Å². The average molecular weight is 308 g/mol. The smallest absolute Gasteiger partial charge is 0.126 e. The van der Waals surface area contributed by atoms with Gasteiger partial charge in [0.05, 0.1) is 6.61 Å². The quantitative estimate of drug-likeness (QED) is 0.770. The van der Waals surface area contributed by atoms with Gasteiger partial charge in [-0.1, -0.05) is 35.9 Å². The van der Waals surface area contributed by atoms with Crippen LogP contribution < -0.4 is 10.5 Å². The number of ether oxygens (including phenoxy) is 1. The Hall–Kier alpha value is -1.58. The van der Waals surface area contributed by atoms with Crippen LogP contribution in [0.3, 0.4) is 0 Å². The predicted molar refractivity (Wildman–Crippen MR) is 84.4 cm³/mol. The molecule has 0 aliphatic carbocycles. The number of benzene rings is 2. The summed E-state index contributed by atoms with van der Waals surface area (Å²) in [4.78, 5) is 0. The highest BCUT2D eigenvalue weighted by Crippen LogP contribution is 2.23. The van der Waals surface area contributed by atoms with Crippen LogP contribution >= 0.6 is 11.6 Å². The Morgan fingerprint density at radius 1 is 1.14 bits per heavy atom. The minimum Gasteiger partial charge on any atom is -0.494 e. The lowest BCUT2D eigenvalue weighted by molar-refractivity contribution is 0.301. The van der Waals surface area contributed by atoms with Crippen LogP contribution in [0.2, 0.25) is 5.02 Å². The van der Waals surface area contributed by atoms with Gasteiger partial charge in [0.15, 0.2) is 0 Å². The Labute approximate surface area is 129 Å². The fourth-order valence-electron chi connectivity index (χ4n) is 2.28. The Kier molecular flexibility index (Phi) is 6.03. The molecule has 0 saturated carbocycles. The molecule has 0 radical (unpaired) electrons. The third-order valence-electron chi connectivity index (χ3n) is 3.39. The molecule has 0 aliphatic rings. The molecular formula is C17H19ClFNO. The van der Waals surface area contributed by atoms with Crippen LogP contribution in [0.25, 0.3) is 0 Å². The molecule has 2 rings (SSSR count). The summed E-state index contributed by atoms with van der Waals surface area (Å²) in [5, 5.41) is 0.652. The van der Waals surface area contributed by atoms with Crippen LogP contribution in [-0.2, 0) is 0 Å². The fourth-order valence-corrected chi connectivity index (χ4v) is 2.46. The van der Waals surface area contributed by atoms with Crippen molar-refractivity contribution in [2.24, 2.45) is 5.73 Å². The number of hydrogen-bond acceptors (Lipinski definition) is 2. The van der Waals surface area contributed by atoms with Gasteiger partial charge in [0, 0.05) is 5.02 Å². The van der Waals surface area contributed by atoms with Crippen molar-refractivity contribution in [1.82, 2.24) is 0 Å². The van der Waals surface area contributed by atoms with Crippen molar-refractivity contribution >= 4 is 11.6 Å². The minimum atomic E-state index is -0.191. The summed E-state index contributed by atoms with van der Waals surface area (Å²) in [6.45, 7) is 0.989. The van der Waals surface area contributed by atoms with E-state index in [0.717, 1.165) is 18.6 Å². The molecule has 2 N–H and O–H groups in total. The number of rotatable bonds is 7. The predicted octanol–water partition coefficient (Wildman–Crippen LogP) is 4.38. The Morgan fingerprint density at radius 2 is 1.95 bits per heavy atom. The van der Waals surface area contributed by atoms with Gasteiger partial charge >= 0.3 is 0 Å². The molecule has 1 unspecified atom stereocenters. The molecule has 21 heavy (non-hydrogen) atoms. The second kappa shape index (κ2) is 8.01. The van der Waals surface area contributed by atoms with Gasteiger partial charge < -0.3 is 10.5 Å². The maximum atomic E-state index is 13.7. The lowest BCUT2D eigenvalue weighted by atomic mass is 9.94. The standard InChI is InChI=1S/C17H19ClFNO/c18-14-6-3-7-15(11-14)21-10-4-5-13(12-20)16-8-1-2-9-17(16)19/h1-3,6-9,11,13H,4-5,10,12,20H2. The van der Waals surface area contributed by atoms with Crippen molar-refractivity contribution in [2.75, 3.05) is 13.2 Å². The summed E-state index contributed by atoms with van der Waals surface area (Å²) in [6.07, 6.45) is 1.60. The summed E-state index contributed by atoms with van der Waals surface area (Å²) in [6, 6.07) is 14.1. The van der Waals surface area contributed by atoms with Crippen LogP contribution in [0.5, 0.6) is 5.75 Å². The molecule has 112 valence electrons. The second-order valence-corrected chi connectivity index (χ2v) is 5.34. The molecule has 1 atom stereocenters. The monoisotopic (exact) mass is 307 g/mol. The molecule has 0 heterocycles. The molecule has 0 fully saturated rings. The third-order valence-corrected chi connectivity index (χ3v) is 3.63. The van der Waals surface area contributed by atoms with E-state index in [1.165, 1.54) is 6.07 Å². The molecular weight excluding hydrogens is 289 g/mol. The molecule has 0 bridgehead atoms. The fraction of sp³-hybridized carbons (Fsp3) is 0.294. The Bertz CT molecular complexity index is 576. The lowest BCUT2D eigenvalue weighted by Gasteiger charge is -2.16. The van der Waals surface area contributed by atoms with E-state index in [0.29, 0.717) is 23.7 Å². The minimum absolute atomic E-state index is 0.0224. The van der Waals surface area contributed by atoms with Gasteiger partial charge in [-0.15, -0.1) is 0 Å². The average Bonchev–Trinajstić information content (AvgIpc) is 2.49. The molecule has 2 aromatic rings. The summed E-state index contributed by atoms with van der Waals surface area (Å²) < 4.78 is 19.4. The molecule has 0 aromatic heterocycles. The maximum absolute atomic E-state index is 13.7. The highest BCUT2D eigenvalue weighted by atomic mass is 35.5. The van der Waals surface area contributed by atoms with E-state index in [1.54, 1.807) is 24.3 Å². The third kappa shape index (κ3) is 4.73. The van der Waals surface area contributed by atoms with Crippen molar-refractivity contribution in [2.45, 2.75) is 18.8 Å². The van der Waals surface area contributed by atoms with E-state index >= 15 is 0 Å². The van der Waals surface area contributed by atoms with Crippen molar-refractivity contribution < 1.29 is 9.13 Å². The second-order valence-electron chi connectivity index (χ2n) is 4.90. The van der Waals surface area contributed by atoms with Crippen molar-refractivity contribution in [3.8, 4) is 5.75 Å². The number of halogens is 2. The first kappa shape index (κ1) is 15.8. The van der Waals surface area contributed by atoms with E-state index in [-0.39, 0.29) is 11.7 Å². The van der Waals surface area contributed by atoms with E-state index in [2.05, 4.69) is 0 Å². The zero-order chi connectivity index (χ0) is 15.1. The van der Waals surface area contributed by atoms with Crippen LogP contribution in [0.1, 0.15) is 24.3 Å². The zero-order valence-corrected chi connectivity index (χ0v) is 12.5. The molecule has 0 spiro atoms. The first-order valence-corrected chi connectivity index (χ1v) is 7.41. The molecule has 0 saturated heterocycles. The topological polar surface area (TPSA) is 35.2 Å². The summed E-state index contributed by atoms with van der Waals surface area (Å²) >= 11 is 5.89. The number of hydrogen-bond donors (Lipinski definition) is 1. The van der Waals surface area contributed by atoms with E-state index in [1.807, 2.05) is 18.2 Å². The van der Waals surface area contributed by atoms with Gasteiger partial charge in [-0.2, -0.15) is 0 Å². The van der Waals surface area contributed by atoms with Crippen LogP contribution in [0.15, 0.2) is 48.5 Å². The van der Waals surface area contributed by atoms with Crippen LogP contribution in [0.4, 0.5) is 4.39 Å². The lowest BCUT2D eigenvalue weighted by Crippen LogP contribution is -2.15.